The second-order valence-electron chi connectivity index (χ2n) is 2.99. The summed E-state index contributed by atoms with van der Waals surface area (Å²) in [6, 6.07) is 15.2. The summed E-state index contributed by atoms with van der Waals surface area (Å²) in [6.07, 6.45) is 0. The molecule has 2 heteroatoms. The molecule has 2 aromatic carbocycles. The molecule has 2 rings (SSSR count). The Morgan fingerprint density at radius 2 is 1.62 bits per heavy atom. The first-order valence-corrected chi connectivity index (χ1v) is 6.50. The van der Waals surface area contributed by atoms with E-state index in [1.807, 2.05) is 0 Å². The highest BCUT2D eigenvalue weighted by molar-refractivity contribution is 6.55. The van der Waals surface area contributed by atoms with Crippen LogP contribution in [0, 0.1) is 0 Å². The zero-order valence-corrected chi connectivity index (χ0v) is 9.89. The smallest absolute Gasteiger partial charge is 0.167 e. The van der Waals surface area contributed by atoms with E-state index in [1.165, 1.54) is 10.8 Å². The van der Waals surface area contributed by atoms with E-state index in [0.29, 0.717) is 0 Å². The van der Waals surface area contributed by atoms with Crippen LogP contribution in [0.1, 0.15) is 0 Å². The van der Waals surface area contributed by atoms with Crippen LogP contribution in [0.25, 0.3) is 10.8 Å². The van der Waals surface area contributed by atoms with Gasteiger partial charge in [-0.15, -0.1) is 17.5 Å². The highest BCUT2D eigenvalue weighted by Crippen LogP contribution is 2.09. The van der Waals surface area contributed by atoms with Crippen LogP contribution in [0.3, 0.4) is 0 Å². The van der Waals surface area contributed by atoms with Gasteiger partial charge in [-0.05, 0) is 10.8 Å². The monoisotopic (exact) mass is 202 g/mol. The van der Waals surface area contributed by atoms with Crippen LogP contribution in [0.5, 0.6) is 0 Å². The van der Waals surface area contributed by atoms with Gasteiger partial charge in [-0.2, -0.15) is 3.69 Å². The lowest BCUT2D eigenvalue weighted by atomic mass is 10.1. The Morgan fingerprint density at radius 3 is 2.38 bits per heavy atom. The van der Waals surface area contributed by atoms with Crippen LogP contribution in [0.2, 0.25) is 5.05 Å². The molecule has 0 amide bonds. The van der Waals surface area contributed by atoms with Crippen molar-refractivity contribution in [2.75, 3.05) is 0 Å². The highest BCUT2D eigenvalue weighted by Gasteiger charge is 1.97. The Hall–Kier alpha value is -0.244. The third kappa shape index (κ3) is 2.16. The summed E-state index contributed by atoms with van der Waals surface area (Å²) in [5.74, 6) is 0. The van der Waals surface area contributed by atoms with Crippen LogP contribution >= 0.6 is 12.4 Å². The standard InChI is InChI=1S/C10H7.CH3.ClH.Mg/c1-2-6-10-8-4-3-7-9(10)5-1;;;/h1-7H;1H3;1H;. The molecular formula is C11H11ClMg. The summed E-state index contributed by atoms with van der Waals surface area (Å²) < 4.78 is 1.58. The molecule has 2 aromatic rings. The van der Waals surface area contributed by atoms with Gasteiger partial charge in [0.05, 0.1) is 0 Å². The summed E-state index contributed by atoms with van der Waals surface area (Å²) in [5, 5.41) is 5.17. The van der Waals surface area contributed by atoms with Crippen molar-refractivity contribution in [2.24, 2.45) is 0 Å². The second kappa shape index (κ2) is 4.84. The van der Waals surface area contributed by atoms with Gasteiger partial charge in [-0.3, -0.25) is 0 Å². The highest BCUT2D eigenvalue weighted by atomic mass is 35.5. The lowest BCUT2D eigenvalue weighted by Crippen LogP contribution is -2.10. The maximum Gasteiger partial charge on any atom is 0.405 e. The Morgan fingerprint density at radius 1 is 0.923 bits per heavy atom. The third-order valence-electron chi connectivity index (χ3n) is 2.26. The normalized spacial score (nSPS) is 9.00. The summed E-state index contributed by atoms with van der Waals surface area (Å²) >= 11 is -0.0306. The molecule has 0 saturated carbocycles. The summed E-state index contributed by atoms with van der Waals surface area (Å²) in [6.45, 7) is 0. The van der Waals surface area contributed by atoms with Gasteiger partial charge in [0.2, 0.25) is 0 Å². The second-order valence-corrected chi connectivity index (χ2v) is 4.46. The fraction of sp³-hybridized carbons (Fsp3) is 0.0909. The van der Waals surface area contributed by atoms with Gasteiger partial charge in [-0.25, -0.2) is 0 Å². The van der Waals surface area contributed by atoms with Crippen LogP contribution in [-0.4, -0.2) is 20.4 Å². The van der Waals surface area contributed by atoms with Crippen molar-refractivity contribution in [1.29, 1.82) is 0 Å². The van der Waals surface area contributed by atoms with E-state index < -0.39 is 0 Å². The van der Waals surface area contributed by atoms with Crippen molar-refractivity contribution in [3.8, 4) is 0 Å². The average molecular weight is 203 g/mol. The van der Waals surface area contributed by atoms with Crippen LogP contribution < -0.4 is 3.69 Å². The minimum Gasteiger partial charge on any atom is -0.167 e. The van der Waals surface area contributed by atoms with Crippen LogP contribution in [-0.2, 0) is 0 Å². The average Bonchev–Trinajstić information content (AvgIpc) is 2.17. The van der Waals surface area contributed by atoms with E-state index >= 15 is 0 Å². The molecule has 0 radical (unpaired) electrons. The maximum atomic E-state index is 2.34. The van der Waals surface area contributed by atoms with Crippen molar-refractivity contribution in [2.45, 2.75) is 5.05 Å². The number of halogens is 1. The fourth-order valence-electron chi connectivity index (χ4n) is 1.60. The van der Waals surface area contributed by atoms with E-state index in [-0.39, 0.29) is 32.8 Å². The molecule has 0 fully saturated rings. The number of hydrogen-bond acceptors (Lipinski definition) is 0. The summed E-state index contributed by atoms with van der Waals surface area (Å²) in [5.41, 5.74) is 0. The zero-order valence-electron chi connectivity index (χ0n) is 7.66. The van der Waals surface area contributed by atoms with Crippen molar-refractivity contribution >= 4 is 47.2 Å². The molecule has 0 bridgehead atoms. The Kier molecular flexibility index (Phi) is 4.04. The molecule has 0 aliphatic carbocycles. The van der Waals surface area contributed by atoms with Gasteiger partial charge < -0.3 is 0 Å². The lowest BCUT2D eigenvalue weighted by Gasteiger charge is -2.02. The molecule has 0 unspecified atom stereocenters. The fourth-order valence-corrected chi connectivity index (χ4v) is 2.68. The predicted molar refractivity (Wildman–Crippen MR) is 62.4 cm³/mol. The lowest BCUT2D eigenvalue weighted by molar-refractivity contribution is 1.78. The van der Waals surface area contributed by atoms with Crippen LogP contribution in [0.4, 0.5) is 0 Å². The molecule has 0 N–H and O–H groups in total. The zero-order chi connectivity index (χ0) is 8.39. The van der Waals surface area contributed by atoms with Crippen molar-refractivity contribution in [3.05, 3.63) is 42.5 Å². The number of hydrogen-bond donors (Lipinski definition) is 0. The van der Waals surface area contributed by atoms with E-state index in [9.17, 15) is 0 Å². The van der Waals surface area contributed by atoms with Crippen molar-refractivity contribution in [1.82, 2.24) is 0 Å². The molecule has 0 aromatic heterocycles. The SMILES string of the molecule is Cl.[CH3][Mg][c]1cccc2ccccc12. The Labute approximate surface area is 94.5 Å². The Balaban J connectivity index is 0.000000845. The molecule has 0 atom stereocenters. The van der Waals surface area contributed by atoms with Gasteiger partial charge in [0, 0.05) is 0 Å². The molecule has 0 aliphatic heterocycles. The first-order chi connectivity index (χ1) is 5.92. The molecule has 64 valence electrons. The summed E-state index contributed by atoms with van der Waals surface area (Å²) in [4.78, 5) is 0. The van der Waals surface area contributed by atoms with E-state index in [1.54, 1.807) is 3.69 Å². The topological polar surface area (TPSA) is 0 Å². The van der Waals surface area contributed by atoms with Gasteiger partial charge >= 0.3 is 20.4 Å². The predicted octanol–water partition coefficient (Wildman–Crippen LogP) is 2.64. The molecule has 0 saturated heterocycles. The number of fused-ring (bicyclic) bond motifs is 1. The van der Waals surface area contributed by atoms with E-state index in [4.69, 9.17) is 0 Å². The molecule has 13 heavy (non-hydrogen) atoms. The van der Waals surface area contributed by atoms with Gasteiger partial charge in [0.25, 0.3) is 0 Å². The number of benzene rings is 2. The van der Waals surface area contributed by atoms with Crippen molar-refractivity contribution < 1.29 is 0 Å². The van der Waals surface area contributed by atoms with Gasteiger partial charge in [-0.1, -0.05) is 42.5 Å². The molecular weight excluding hydrogens is 192 g/mol. The van der Waals surface area contributed by atoms with Gasteiger partial charge in [0.1, 0.15) is 0 Å². The Bertz CT molecular complexity index is 393. The van der Waals surface area contributed by atoms with Crippen LogP contribution in [0.15, 0.2) is 42.5 Å². The molecule has 0 aliphatic rings. The number of rotatable bonds is 1. The molecule has 0 nitrogen and oxygen atoms in total. The van der Waals surface area contributed by atoms with Crippen molar-refractivity contribution in [3.63, 3.8) is 0 Å². The van der Waals surface area contributed by atoms with E-state index in [2.05, 4.69) is 47.5 Å². The summed E-state index contributed by atoms with van der Waals surface area (Å²) in [7, 11) is 0. The van der Waals surface area contributed by atoms with E-state index in [0.717, 1.165) is 0 Å². The molecule has 0 heterocycles. The molecule has 0 spiro atoms. The quantitative estimate of drug-likeness (QED) is 0.625. The maximum absolute atomic E-state index is 2.34. The first kappa shape index (κ1) is 10.8. The first-order valence-electron chi connectivity index (χ1n) is 4.38. The minimum atomic E-state index is -0.0306. The minimum absolute atomic E-state index is 0. The third-order valence-corrected chi connectivity index (χ3v) is 3.64. The largest absolute Gasteiger partial charge is 0.405 e. The van der Waals surface area contributed by atoms with Gasteiger partial charge in [0.15, 0.2) is 0 Å².